The zero-order valence-corrected chi connectivity index (χ0v) is 13.7. The SMILES string of the molecule is CN(C)C(=O)Cc1nc(CN2CCC3CCC(C2)N3)cs1. The van der Waals surface area contributed by atoms with Gasteiger partial charge in [-0.25, -0.2) is 4.98 Å². The molecule has 1 aromatic heterocycles. The van der Waals surface area contributed by atoms with E-state index in [2.05, 4.69) is 20.6 Å². The van der Waals surface area contributed by atoms with Crippen molar-refractivity contribution in [1.82, 2.24) is 20.1 Å². The third-order valence-electron chi connectivity index (χ3n) is 4.39. The maximum absolute atomic E-state index is 11.7. The summed E-state index contributed by atoms with van der Waals surface area (Å²) in [6, 6.07) is 1.38. The second-order valence-electron chi connectivity index (χ2n) is 6.36. The molecule has 21 heavy (non-hydrogen) atoms. The number of carbonyl (C=O) groups is 1. The number of likely N-dealkylation sites (N-methyl/N-ethyl adjacent to an activating group) is 1. The quantitative estimate of drug-likeness (QED) is 0.905. The van der Waals surface area contributed by atoms with Gasteiger partial charge in [-0.15, -0.1) is 11.3 Å². The molecule has 0 aliphatic carbocycles. The van der Waals surface area contributed by atoms with E-state index in [1.807, 2.05) is 0 Å². The van der Waals surface area contributed by atoms with E-state index < -0.39 is 0 Å². The number of aromatic nitrogens is 1. The van der Waals surface area contributed by atoms with Gasteiger partial charge in [-0.1, -0.05) is 0 Å². The van der Waals surface area contributed by atoms with E-state index in [9.17, 15) is 4.79 Å². The highest BCUT2D eigenvalue weighted by atomic mass is 32.1. The molecule has 2 unspecified atom stereocenters. The van der Waals surface area contributed by atoms with Gasteiger partial charge in [0.05, 0.1) is 12.1 Å². The van der Waals surface area contributed by atoms with Gasteiger partial charge < -0.3 is 10.2 Å². The van der Waals surface area contributed by atoms with Crippen LogP contribution in [0.2, 0.25) is 0 Å². The smallest absolute Gasteiger partial charge is 0.228 e. The molecule has 3 rings (SSSR count). The summed E-state index contributed by atoms with van der Waals surface area (Å²) in [7, 11) is 3.58. The molecule has 2 atom stereocenters. The van der Waals surface area contributed by atoms with Crippen LogP contribution in [-0.4, -0.2) is 60.0 Å². The van der Waals surface area contributed by atoms with Crippen LogP contribution in [0, 0.1) is 0 Å². The van der Waals surface area contributed by atoms with Gasteiger partial charge in [0.2, 0.25) is 5.91 Å². The average molecular weight is 308 g/mol. The summed E-state index contributed by atoms with van der Waals surface area (Å²) in [6.07, 6.45) is 4.31. The Hall–Kier alpha value is -0.980. The normalized spacial score (nSPS) is 25.8. The molecule has 2 bridgehead atoms. The highest BCUT2D eigenvalue weighted by molar-refractivity contribution is 7.09. The Morgan fingerprint density at radius 3 is 3.05 bits per heavy atom. The fourth-order valence-corrected chi connectivity index (χ4v) is 3.95. The van der Waals surface area contributed by atoms with Crippen molar-refractivity contribution in [3.63, 3.8) is 0 Å². The summed E-state index contributed by atoms with van der Waals surface area (Å²) in [5.74, 6) is 0.118. The summed E-state index contributed by atoms with van der Waals surface area (Å²) in [5, 5.41) is 6.74. The molecule has 0 saturated carbocycles. The molecule has 0 radical (unpaired) electrons. The summed E-state index contributed by atoms with van der Waals surface area (Å²) in [5.41, 5.74) is 1.11. The largest absolute Gasteiger partial charge is 0.348 e. The number of likely N-dealkylation sites (tertiary alicyclic amines) is 1. The fourth-order valence-electron chi connectivity index (χ4n) is 3.18. The minimum atomic E-state index is 0.118. The number of nitrogens with one attached hydrogen (secondary N) is 1. The Bertz CT molecular complexity index is 502. The van der Waals surface area contributed by atoms with Crippen LogP contribution in [0.15, 0.2) is 5.38 Å². The van der Waals surface area contributed by atoms with Crippen LogP contribution < -0.4 is 5.32 Å². The number of fused-ring (bicyclic) bond motifs is 2. The summed E-state index contributed by atoms with van der Waals surface area (Å²) >= 11 is 1.60. The van der Waals surface area contributed by atoms with Gasteiger partial charge >= 0.3 is 0 Å². The number of amides is 1. The topological polar surface area (TPSA) is 48.5 Å². The Labute approximate surface area is 130 Å². The van der Waals surface area contributed by atoms with Crippen molar-refractivity contribution < 1.29 is 4.79 Å². The maximum atomic E-state index is 11.7. The van der Waals surface area contributed by atoms with E-state index in [0.29, 0.717) is 12.5 Å². The molecular weight excluding hydrogens is 284 g/mol. The predicted octanol–water partition coefficient (Wildman–Crippen LogP) is 1.10. The molecule has 0 spiro atoms. The lowest BCUT2D eigenvalue weighted by molar-refractivity contribution is -0.127. The lowest BCUT2D eigenvalue weighted by Crippen LogP contribution is -2.35. The predicted molar refractivity (Wildman–Crippen MR) is 84.4 cm³/mol. The van der Waals surface area contributed by atoms with Crippen LogP contribution in [0.4, 0.5) is 0 Å². The second kappa shape index (κ2) is 6.42. The molecule has 2 saturated heterocycles. The zero-order chi connectivity index (χ0) is 14.8. The third-order valence-corrected chi connectivity index (χ3v) is 5.29. The van der Waals surface area contributed by atoms with Crippen LogP contribution in [-0.2, 0) is 17.8 Å². The summed E-state index contributed by atoms with van der Waals surface area (Å²) < 4.78 is 0. The highest BCUT2D eigenvalue weighted by Crippen LogP contribution is 2.22. The van der Waals surface area contributed by atoms with E-state index in [1.54, 1.807) is 30.3 Å². The van der Waals surface area contributed by atoms with Crippen molar-refractivity contribution in [2.75, 3.05) is 27.2 Å². The molecule has 5 nitrogen and oxygen atoms in total. The van der Waals surface area contributed by atoms with Gasteiger partial charge in [0.25, 0.3) is 0 Å². The zero-order valence-electron chi connectivity index (χ0n) is 12.8. The van der Waals surface area contributed by atoms with Crippen molar-refractivity contribution in [1.29, 1.82) is 0 Å². The molecule has 6 heteroatoms. The van der Waals surface area contributed by atoms with Crippen LogP contribution in [0.3, 0.4) is 0 Å². The van der Waals surface area contributed by atoms with Gasteiger partial charge in [-0.05, 0) is 19.3 Å². The number of hydrogen-bond acceptors (Lipinski definition) is 5. The Balaban J connectivity index is 1.55. The Morgan fingerprint density at radius 2 is 2.24 bits per heavy atom. The number of rotatable bonds is 4. The van der Waals surface area contributed by atoms with E-state index in [1.165, 1.54) is 19.3 Å². The molecule has 2 fully saturated rings. The van der Waals surface area contributed by atoms with Crippen LogP contribution in [0.5, 0.6) is 0 Å². The molecule has 2 aliphatic heterocycles. The van der Waals surface area contributed by atoms with Gasteiger partial charge in [-0.2, -0.15) is 0 Å². The van der Waals surface area contributed by atoms with E-state index in [4.69, 9.17) is 0 Å². The van der Waals surface area contributed by atoms with Gasteiger partial charge in [0, 0.05) is 51.2 Å². The summed E-state index contributed by atoms with van der Waals surface area (Å²) in [6.45, 7) is 3.19. The van der Waals surface area contributed by atoms with Gasteiger partial charge in [0.1, 0.15) is 5.01 Å². The van der Waals surface area contributed by atoms with Crippen molar-refractivity contribution in [3.8, 4) is 0 Å². The molecular formula is C15H24N4OS. The molecule has 1 N–H and O–H groups in total. The van der Waals surface area contributed by atoms with E-state index >= 15 is 0 Å². The van der Waals surface area contributed by atoms with E-state index in [0.717, 1.165) is 36.4 Å². The molecule has 3 heterocycles. The van der Waals surface area contributed by atoms with Crippen molar-refractivity contribution in [2.24, 2.45) is 0 Å². The highest BCUT2D eigenvalue weighted by Gasteiger charge is 2.29. The van der Waals surface area contributed by atoms with E-state index in [-0.39, 0.29) is 5.91 Å². The number of hydrogen-bond donors (Lipinski definition) is 1. The fraction of sp³-hybridized carbons (Fsp3) is 0.733. The molecule has 1 amide bonds. The molecule has 116 valence electrons. The van der Waals surface area contributed by atoms with Gasteiger partial charge in [0.15, 0.2) is 0 Å². The first kappa shape index (κ1) is 14.9. The first-order chi connectivity index (χ1) is 10.1. The second-order valence-corrected chi connectivity index (χ2v) is 7.30. The first-order valence-corrected chi connectivity index (χ1v) is 8.60. The van der Waals surface area contributed by atoms with Gasteiger partial charge in [-0.3, -0.25) is 9.69 Å². The van der Waals surface area contributed by atoms with Crippen molar-refractivity contribution in [3.05, 3.63) is 16.1 Å². The van der Waals surface area contributed by atoms with Crippen LogP contribution in [0.25, 0.3) is 0 Å². The minimum absolute atomic E-state index is 0.118. The van der Waals surface area contributed by atoms with Crippen molar-refractivity contribution >= 4 is 17.2 Å². The molecule has 0 aromatic carbocycles. The maximum Gasteiger partial charge on any atom is 0.228 e. The van der Waals surface area contributed by atoms with Crippen LogP contribution in [0.1, 0.15) is 30.0 Å². The standard InChI is InChI=1S/C15H24N4OS/c1-18(2)15(20)7-14-17-13(10-21-14)9-19-6-5-11-3-4-12(8-19)16-11/h10-12,16H,3-9H2,1-2H3. The third kappa shape index (κ3) is 3.81. The number of thiazole rings is 1. The lowest BCUT2D eigenvalue weighted by Gasteiger charge is -2.22. The molecule has 1 aromatic rings. The van der Waals surface area contributed by atoms with Crippen LogP contribution >= 0.6 is 11.3 Å². The Kier molecular flexibility index (Phi) is 4.57. The number of nitrogens with zero attached hydrogens (tertiary/aromatic N) is 3. The minimum Gasteiger partial charge on any atom is -0.348 e. The molecule has 2 aliphatic rings. The van der Waals surface area contributed by atoms with Crippen molar-refractivity contribution in [2.45, 2.75) is 44.3 Å². The number of carbonyl (C=O) groups excluding carboxylic acids is 1. The Morgan fingerprint density at radius 1 is 1.43 bits per heavy atom. The summed E-state index contributed by atoms with van der Waals surface area (Å²) in [4.78, 5) is 20.5. The lowest BCUT2D eigenvalue weighted by atomic mass is 10.1. The monoisotopic (exact) mass is 308 g/mol. The first-order valence-electron chi connectivity index (χ1n) is 7.72. The average Bonchev–Trinajstić information content (AvgIpc) is 2.99.